The van der Waals surface area contributed by atoms with Gasteiger partial charge in [0.1, 0.15) is 11.6 Å². The average Bonchev–Trinajstić information content (AvgIpc) is 3.03. The van der Waals surface area contributed by atoms with E-state index in [1.165, 1.54) is 0 Å². The van der Waals surface area contributed by atoms with Gasteiger partial charge in [0.25, 0.3) is 0 Å². The van der Waals surface area contributed by atoms with Crippen LogP contribution in [0.2, 0.25) is 0 Å². The van der Waals surface area contributed by atoms with Crippen LogP contribution < -0.4 is 4.90 Å². The number of hydrogen-bond donors (Lipinski definition) is 2. The number of para-hydroxylation sites is 1. The molecule has 26 heavy (non-hydrogen) atoms. The smallest absolute Gasteiger partial charge is 0.311 e. The normalized spacial score (nSPS) is 25.1. The second-order valence-electron chi connectivity index (χ2n) is 7.07. The molecule has 0 bridgehead atoms. The van der Waals surface area contributed by atoms with Crippen LogP contribution in [-0.4, -0.2) is 52.5 Å². The fourth-order valence-electron chi connectivity index (χ4n) is 3.97. The van der Waals surface area contributed by atoms with Crippen LogP contribution >= 0.6 is 0 Å². The Morgan fingerprint density at radius 3 is 2.88 bits per heavy atom. The molecule has 1 aromatic heterocycles. The van der Waals surface area contributed by atoms with Gasteiger partial charge in [-0.2, -0.15) is 0 Å². The lowest BCUT2D eigenvalue weighted by Crippen LogP contribution is -2.44. The molecule has 2 aromatic rings. The van der Waals surface area contributed by atoms with Gasteiger partial charge in [0, 0.05) is 37.4 Å². The second kappa shape index (κ2) is 6.25. The first-order chi connectivity index (χ1) is 12.5. The van der Waals surface area contributed by atoms with Crippen molar-refractivity contribution in [1.82, 2.24) is 9.97 Å². The molecule has 7 heteroatoms. The lowest BCUT2D eigenvalue weighted by Gasteiger charge is -2.33. The number of aromatic hydroxyl groups is 1. The van der Waals surface area contributed by atoms with Crippen molar-refractivity contribution in [3.05, 3.63) is 36.0 Å². The molecule has 0 spiro atoms. The predicted molar refractivity (Wildman–Crippen MR) is 95.1 cm³/mol. The van der Waals surface area contributed by atoms with E-state index in [1.807, 2.05) is 24.0 Å². The van der Waals surface area contributed by atoms with Crippen LogP contribution in [0.25, 0.3) is 11.4 Å². The predicted octanol–water partition coefficient (Wildman–Crippen LogP) is 2.09. The number of carboxylic acids is 1. The third-order valence-electron chi connectivity index (χ3n) is 5.44. The number of phenols is 1. The molecule has 0 saturated carbocycles. The highest BCUT2D eigenvalue weighted by atomic mass is 16.5. The number of nitrogens with zero attached hydrogens (tertiary/aromatic N) is 3. The number of aryl methyl sites for hydroxylation is 1. The van der Waals surface area contributed by atoms with E-state index in [0.717, 1.165) is 5.69 Å². The van der Waals surface area contributed by atoms with Crippen molar-refractivity contribution >= 4 is 11.8 Å². The lowest BCUT2D eigenvalue weighted by molar-refractivity contribution is -0.157. The van der Waals surface area contributed by atoms with Gasteiger partial charge in [0.15, 0.2) is 5.82 Å². The van der Waals surface area contributed by atoms with Crippen LogP contribution in [0.1, 0.15) is 12.1 Å². The molecule has 2 fully saturated rings. The van der Waals surface area contributed by atoms with Gasteiger partial charge in [-0.05, 0) is 25.5 Å². The first-order valence-corrected chi connectivity index (χ1v) is 8.70. The van der Waals surface area contributed by atoms with E-state index in [9.17, 15) is 15.0 Å². The van der Waals surface area contributed by atoms with Gasteiger partial charge < -0.3 is 19.8 Å². The maximum absolute atomic E-state index is 12.0. The number of carbonyl (C=O) groups is 1. The first-order valence-electron chi connectivity index (χ1n) is 8.70. The molecule has 2 aliphatic heterocycles. The number of phenolic OH excluding ortho intramolecular Hbond substituents is 1. The van der Waals surface area contributed by atoms with Gasteiger partial charge in [-0.3, -0.25) is 4.79 Å². The second-order valence-corrected chi connectivity index (χ2v) is 7.07. The number of hydrogen-bond acceptors (Lipinski definition) is 6. The van der Waals surface area contributed by atoms with E-state index in [0.29, 0.717) is 49.9 Å². The molecule has 0 amide bonds. The van der Waals surface area contributed by atoms with Crippen LogP contribution in [-0.2, 0) is 9.53 Å². The average molecular weight is 355 g/mol. The van der Waals surface area contributed by atoms with Gasteiger partial charge in [-0.15, -0.1) is 0 Å². The van der Waals surface area contributed by atoms with Crippen molar-refractivity contribution in [2.24, 2.45) is 11.3 Å². The Bertz CT molecular complexity index is 856. The Morgan fingerprint density at radius 1 is 1.35 bits per heavy atom. The molecule has 2 saturated heterocycles. The molecule has 2 N–H and O–H groups in total. The number of aromatic nitrogens is 2. The van der Waals surface area contributed by atoms with Crippen molar-refractivity contribution in [3.8, 4) is 17.1 Å². The maximum atomic E-state index is 12.0. The summed E-state index contributed by atoms with van der Waals surface area (Å²) in [6, 6.07) is 8.79. The highest BCUT2D eigenvalue weighted by Crippen LogP contribution is 2.44. The van der Waals surface area contributed by atoms with E-state index in [-0.39, 0.29) is 11.7 Å². The summed E-state index contributed by atoms with van der Waals surface area (Å²) in [7, 11) is 0. The first kappa shape index (κ1) is 16.8. The lowest BCUT2D eigenvalue weighted by atomic mass is 9.74. The zero-order valence-corrected chi connectivity index (χ0v) is 14.6. The van der Waals surface area contributed by atoms with Crippen LogP contribution in [0.5, 0.6) is 5.75 Å². The van der Waals surface area contributed by atoms with Crippen molar-refractivity contribution in [1.29, 1.82) is 0 Å². The number of ether oxygens (including phenoxy) is 1. The third kappa shape index (κ3) is 2.68. The number of fused-ring (bicyclic) bond motifs is 1. The molecule has 1 aromatic carbocycles. The Kier molecular flexibility index (Phi) is 4.03. The summed E-state index contributed by atoms with van der Waals surface area (Å²) in [5, 5.41) is 19.9. The summed E-state index contributed by atoms with van der Waals surface area (Å²) in [6.45, 7) is 3.80. The number of benzene rings is 1. The van der Waals surface area contributed by atoms with Gasteiger partial charge >= 0.3 is 5.97 Å². The summed E-state index contributed by atoms with van der Waals surface area (Å²) in [5.41, 5.74) is 0.542. The number of anilines is 1. The number of rotatable bonds is 3. The van der Waals surface area contributed by atoms with Crippen LogP contribution in [0.4, 0.5) is 5.82 Å². The molecule has 2 aliphatic rings. The Hall–Kier alpha value is -2.67. The summed E-state index contributed by atoms with van der Waals surface area (Å²) in [4.78, 5) is 23.0. The third-order valence-corrected chi connectivity index (χ3v) is 5.44. The summed E-state index contributed by atoms with van der Waals surface area (Å²) >= 11 is 0. The van der Waals surface area contributed by atoms with Crippen molar-refractivity contribution in [2.75, 3.05) is 31.2 Å². The van der Waals surface area contributed by atoms with Crippen LogP contribution in [0, 0.1) is 18.3 Å². The molecule has 0 aliphatic carbocycles. The largest absolute Gasteiger partial charge is 0.507 e. The minimum absolute atomic E-state index is 0.0578. The SMILES string of the molecule is Cc1cc(N2C[C@@H]3COCC[C@]3(C(=O)O)C2)nc(-c2ccccc2O)n1. The van der Waals surface area contributed by atoms with Gasteiger partial charge in [0.05, 0.1) is 17.6 Å². The molecular weight excluding hydrogens is 334 g/mol. The van der Waals surface area contributed by atoms with Gasteiger partial charge in [-0.1, -0.05) is 12.1 Å². The summed E-state index contributed by atoms with van der Waals surface area (Å²) < 4.78 is 5.52. The van der Waals surface area contributed by atoms with E-state index < -0.39 is 11.4 Å². The minimum Gasteiger partial charge on any atom is -0.507 e. The molecule has 2 atom stereocenters. The van der Waals surface area contributed by atoms with Crippen LogP contribution in [0.3, 0.4) is 0 Å². The zero-order valence-electron chi connectivity index (χ0n) is 14.6. The maximum Gasteiger partial charge on any atom is 0.311 e. The van der Waals surface area contributed by atoms with E-state index in [2.05, 4.69) is 9.97 Å². The number of carboxylic acid groups (broad SMARTS) is 1. The molecule has 7 nitrogen and oxygen atoms in total. The standard InChI is InChI=1S/C19H21N3O4/c1-12-8-16(21-17(20-12)14-4-2-3-5-15(14)23)22-9-13-10-26-7-6-19(13,11-22)18(24)25/h2-5,8,13,23H,6-7,9-11H2,1H3,(H,24,25)/t13-,19+/m1/s1. The van der Waals surface area contributed by atoms with E-state index in [1.54, 1.807) is 18.2 Å². The highest BCUT2D eigenvalue weighted by molar-refractivity contribution is 5.77. The fourth-order valence-corrected chi connectivity index (χ4v) is 3.97. The van der Waals surface area contributed by atoms with E-state index >= 15 is 0 Å². The van der Waals surface area contributed by atoms with Crippen molar-refractivity contribution < 1.29 is 19.7 Å². The molecule has 4 rings (SSSR count). The summed E-state index contributed by atoms with van der Waals surface area (Å²) in [5.74, 6) is 0.423. The molecule has 3 heterocycles. The van der Waals surface area contributed by atoms with Crippen molar-refractivity contribution in [2.45, 2.75) is 13.3 Å². The van der Waals surface area contributed by atoms with Gasteiger partial charge in [0.2, 0.25) is 0 Å². The molecule has 136 valence electrons. The Morgan fingerprint density at radius 2 is 2.15 bits per heavy atom. The highest BCUT2D eigenvalue weighted by Gasteiger charge is 2.54. The molecule has 0 radical (unpaired) electrons. The number of aliphatic carboxylic acids is 1. The van der Waals surface area contributed by atoms with Gasteiger partial charge in [-0.25, -0.2) is 9.97 Å². The quantitative estimate of drug-likeness (QED) is 0.870. The monoisotopic (exact) mass is 355 g/mol. The molecule has 0 unspecified atom stereocenters. The zero-order chi connectivity index (χ0) is 18.3. The summed E-state index contributed by atoms with van der Waals surface area (Å²) in [6.07, 6.45) is 0.514. The Labute approximate surface area is 151 Å². The van der Waals surface area contributed by atoms with Crippen LogP contribution in [0.15, 0.2) is 30.3 Å². The minimum atomic E-state index is -0.786. The van der Waals surface area contributed by atoms with E-state index in [4.69, 9.17) is 4.74 Å². The van der Waals surface area contributed by atoms with Crippen molar-refractivity contribution in [3.63, 3.8) is 0 Å². The topological polar surface area (TPSA) is 95.8 Å². The Balaban J connectivity index is 1.71. The molecular formula is C19H21N3O4. The fraction of sp³-hybridized carbons (Fsp3) is 0.421.